The Hall–Kier alpha value is -2.99. The number of hydrogen-bond donors (Lipinski definition) is 1. The maximum atomic E-state index is 12.3. The third kappa shape index (κ3) is 4.80. The van der Waals surface area contributed by atoms with Crippen molar-refractivity contribution in [3.05, 3.63) is 70.7 Å². The summed E-state index contributed by atoms with van der Waals surface area (Å²) in [6.07, 6.45) is -0.928. The van der Waals surface area contributed by atoms with Gasteiger partial charge in [-0.15, -0.1) is 11.3 Å². The zero-order valence-electron chi connectivity index (χ0n) is 15.4. The fourth-order valence-corrected chi connectivity index (χ4v) is 3.23. The van der Waals surface area contributed by atoms with E-state index in [0.29, 0.717) is 5.69 Å². The van der Waals surface area contributed by atoms with E-state index in [2.05, 4.69) is 10.3 Å². The van der Waals surface area contributed by atoms with Gasteiger partial charge in [-0.1, -0.05) is 42.0 Å². The van der Waals surface area contributed by atoms with Gasteiger partial charge in [-0.25, -0.2) is 9.78 Å². The second-order valence-corrected chi connectivity index (χ2v) is 7.17. The first-order valence-electron chi connectivity index (χ1n) is 8.53. The van der Waals surface area contributed by atoms with Crippen LogP contribution in [0.4, 0.5) is 5.69 Å². The molecule has 1 heterocycles. The quantitative estimate of drug-likeness (QED) is 0.656. The number of ether oxygens (including phenoxy) is 1. The molecule has 0 saturated heterocycles. The van der Waals surface area contributed by atoms with Crippen molar-refractivity contribution in [1.29, 1.82) is 0 Å². The Morgan fingerprint density at radius 1 is 1.07 bits per heavy atom. The number of aromatic nitrogens is 1. The molecule has 1 amide bonds. The predicted molar refractivity (Wildman–Crippen MR) is 107 cm³/mol. The minimum Gasteiger partial charge on any atom is -0.448 e. The molecule has 5 nitrogen and oxygen atoms in total. The number of nitrogens with zero attached hydrogens (tertiary/aromatic N) is 1. The van der Waals surface area contributed by atoms with Crippen molar-refractivity contribution < 1.29 is 14.3 Å². The number of benzene rings is 2. The smallest absolute Gasteiger partial charge is 0.358 e. The van der Waals surface area contributed by atoms with Crippen LogP contribution in [-0.2, 0) is 9.53 Å². The first kappa shape index (κ1) is 18.8. The minimum absolute atomic E-state index is 0.200. The van der Waals surface area contributed by atoms with Crippen molar-refractivity contribution in [2.24, 2.45) is 0 Å². The lowest BCUT2D eigenvalue weighted by molar-refractivity contribution is -0.123. The highest BCUT2D eigenvalue weighted by molar-refractivity contribution is 7.13. The maximum absolute atomic E-state index is 12.3. The lowest BCUT2D eigenvalue weighted by atomic mass is 10.2. The Labute approximate surface area is 162 Å². The van der Waals surface area contributed by atoms with Crippen LogP contribution in [0.25, 0.3) is 10.6 Å². The van der Waals surface area contributed by atoms with Crippen LogP contribution in [0.3, 0.4) is 0 Å². The van der Waals surface area contributed by atoms with E-state index in [9.17, 15) is 9.59 Å². The van der Waals surface area contributed by atoms with Crippen molar-refractivity contribution in [2.75, 3.05) is 5.32 Å². The number of nitrogens with one attached hydrogen (secondary N) is 1. The van der Waals surface area contributed by atoms with E-state index in [0.717, 1.165) is 21.7 Å². The van der Waals surface area contributed by atoms with Crippen molar-refractivity contribution in [1.82, 2.24) is 4.98 Å². The van der Waals surface area contributed by atoms with Crippen LogP contribution >= 0.6 is 11.3 Å². The lowest BCUT2D eigenvalue weighted by Crippen LogP contribution is -2.30. The summed E-state index contributed by atoms with van der Waals surface area (Å²) in [6.45, 7) is 5.49. The number of aryl methyl sites for hydroxylation is 2. The molecule has 0 fully saturated rings. The summed E-state index contributed by atoms with van der Waals surface area (Å²) in [7, 11) is 0. The molecule has 0 spiro atoms. The topological polar surface area (TPSA) is 68.3 Å². The Bertz CT molecular complexity index is 964. The number of rotatable bonds is 5. The van der Waals surface area contributed by atoms with Gasteiger partial charge in [-0.2, -0.15) is 0 Å². The van der Waals surface area contributed by atoms with E-state index in [1.807, 2.05) is 56.3 Å². The molecule has 6 heteroatoms. The van der Waals surface area contributed by atoms with E-state index >= 15 is 0 Å². The number of hydrogen-bond acceptors (Lipinski definition) is 5. The normalized spacial score (nSPS) is 11.7. The second kappa shape index (κ2) is 8.14. The summed E-state index contributed by atoms with van der Waals surface area (Å²) in [4.78, 5) is 28.9. The molecule has 138 valence electrons. The largest absolute Gasteiger partial charge is 0.448 e. The molecule has 3 aromatic rings. The van der Waals surface area contributed by atoms with Crippen molar-refractivity contribution in [3.63, 3.8) is 0 Å². The molecule has 0 bridgehead atoms. The molecule has 0 aliphatic carbocycles. The summed E-state index contributed by atoms with van der Waals surface area (Å²) in [6, 6.07) is 15.3. The highest BCUT2D eigenvalue weighted by Gasteiger charge is 2.21. The van der Waals surface area contributed by atoms with Crippen molar-refractivity contribution >= 4 is 28.9 Å². The molecule has 1 aromatic heterocycles. The molecular weight excluding hydrogens is 360 g/mol. The van der Waals surface area contributed by atoms with E-state index in [-0.39, 0.29) is 11.6 Å². The van der Waals surface area contributed by atoms with Crippen molar-refractivity contribution in [2.45, 2.75) is 26.9 Å². The molecular formula is C21H20N2O3S. The number of esters is 1. The van der Waals surface area contributed by atoms with Gasteiger partial charge < -0.3 is 10.1 Å². The molecule has 0 aliphatic heterocycles. The zero-order chi connectivity index (χ0) is 19.4. The molecule has 0 aliphatic rings. The van der Waals surface area contributed by atoms with Gasteiger partial charge in [-0.3, -0.25) is 4.79 Å². The standard InChI is InChI=1S/C21H20N2O3S/c1-13-7-9-16(10-8-13)20-23-18(12-27-20)21(25)26-15(3)19(24)22-17-6-4-5-14(2)11-17/h4-12,15H,1-3H3,(H,22,24)/t15-/m0/s1. The highest BCUT2D eigenvalue weighted by atomic mass is 32.1. The number of anilines is 1. The first-order chi connectivity index (χ1) is 12.9. The van der Waals surface area contributed by atoms with E-state index < -0.39 is 12.1 Å². The Kier molecular flexibility index (Phi) is 5.66. The van der Waals surface area contributed by atoms with Gasteiger partial charge in [0.15, 0.2) is 11.8 Å². The van der Waals surface area contributed by atoms with Crippen LogP contribution in [0.15, 0.2) is 53.9 Å². The summed E-state index contributed by atoms with van der Waals surface area (Å²) in [5.41, 5.74) is 3.99. The summed E-state index contributed by atoms with van der Waals surface area (Å²) in [5.74, 6) is -1.00. The van der Waals surface area contributed by atoms with E-state index in [1.165, 1.54) is 18.3 Å². The Balaban J connectivity index is 1.62. The van der Waals surface area contributed by atoms with E-state index in [1.54, 1.807) is 11.4 Å². The third-order valence-corrected chi connectivity index (χ3v) is 4.84. The van der Waals surface area contributed by atoms with Gasteiger partial charge in [0.2, 0.25) is 0 Å². The van der Waals surface area contributed by atoms with Crippen LogP contribution < -0.4 is 5.32 Å². The molecule has 0 unspecified atom stereocenters. The minimum atomic E-state index is -0.928. The fourth-order valence-electron chi connectivity index (χ4n) is 2.44. The Morgan fingerprint density at radius 3 is 2.52 bits per heavy atom. The molecule has 0 saturated carbocycles. The SMILES string of the molecule is Cc1ccc(-c2nc(C(=O)O[C@@H](C)C(=O)Nc3cccc(C)c3)cs2)cc1. The van der Waals surface area contributed by atoms with Gasteiger partial charge >= 0.3 is 5.97 Å². The van der Waals surface area contributed by atoms with Crippen LogP contribution in [-0.4, -0.2) is 23.0 Å². The van der Waals surface area contributed by atoms with Gasteiger partial charge in [0.05, 0.1) is 0 Å². The van der Waals surface area contributed by atoms with Crippen LogP contribution in [0.1, 0.15) is 28.5 Å². The molecule has 1 atom stereocenters. The van der Waals surface area contributed by atoms with Gasteiger partial charge in [-0.05, 0) is 38.5 Å². The van der Waals surface area contributed by atoms with Gasteiger partial charge in [0.1, 0.15) is 5.01 Å². The maximum Gasteiger partial charge on any atom is 0.358 e. The number of carbonyl (C=O) groups is 2. The number of carbonyl (C=O) groups excluding carboxylic acids is 2. The monoisotopic (exact) mass is 380 g/mol. The molecule has 3 rings (SSSR count). The fraction of sp³-hybridized carbons (Fsp3) is 0.190. The molecule has 1 N–H and O–H groups in total. The van der Waals surface area contributed by atoms with E-state index in [4.69, 9.17) is 4.74 Å². The zero-order valence-corrected chi connectivity index (χ0v) is 16.2. The summed E-state index contributed by atoms with van der Waals surface area (Å²) >= 11 is 1.36. The number of thiazole rings is 1. The molecule has 27 heavy (non-hydrogen) atoms. The summed E-state index contributed by atoms with van der Waals surface area (Å²) < 4.78 is 5.26. The average Bonchev–Trinajstić information content (AvgIpc) is 3.12. The highest BCUT2D eigenvalue weighted by Crippen LogP contribution is 2.24. The predicted octanol–water partition coefficient (Wildman–Crippen LogP) is 4.61. The van der Waals surface area contributed by atoms with Crippen LogP contribution in [0, 0.1) is 13.8 Å². The summed E-state index contributed by atoms with van der Waals surface area (Å²) in [5, 5.41) is 5.12. The third-order valence-electron chi connectivity index (χ3n) is 3.95. The molecule has 0 radical (unpaired) electrons. The van der Waals surface area contributed by atoms with Crippen LogP contribution in [0.2, 0.25) is 0 Å². The van der Waals surface area contributed by atoms with Gasteiger partial charge in [0, 0.05) is 16.6 Å². The number of amides is 1. The second-order valence-electron chi connectivity index (χ2n) is 6.31. The van der Waals surface area contributed by atoms with Gasteiger partial charge in [0.25, 0.3) is 5.91 Å². The average molecular weight is 380 g/mol. The van der Waals surface area contributed by atoms with Crippen molar-refractivity contribution in [3.8, 4) is 10.6 Å². The first-order valence-corrected chi connectivity index (χ1v) is 9.41. The lowest BCUT2D eigenvalue weighted by Gasteiger charge is -2.13. The van der Waals surface area contributed by atoms with Crippen LogP contribution in [0.5, 0.6) is 0 Å². The molecule has 2 aromatic carbocycles. The Morgan fingerprint density at radius 2 is 1.81 bits per heavy atom.